The van der Waals surface area contributed by atoms with Gasteiger partial charge in [0.05, 0.1) is 23.6 Å². The molecule has 9 heteroatoms. The van der Waals surface area contributed by atoms with Crippen LogP contribution in [-0.2, 0) is 16.9 Å². The molecule has 0 spiro atoms. The zero-order valence-electron chi connectivity index (χ0n) is 16.5. The van der Waals surface area contributed by atoms with E-state index in [1.165, 1.54) is 23.1 Å². The molecule has 0 fully saturated rings. The van der Waals surface area contributed by atoms with Gasteiger partial charge in [0, 0.05) is 32.8 Å². The maximum absolute atomic E-state index is 13.4. The van der Waals surface area contributed by atoms with Crippen LogP contribution in [0.25, 0.3) is 0 Å². The molecule has 0 aliphatic carbocycles. The highest BCUT2D eigenvalue weighted by molar-refractivity contribution is 9.10. The van der Waals surface area contributed by atoms with Gasteiger partial charge in [0.1, 0.15) is 0 Å². The van der Waals surface area contributed by atoms with Crippen molar-refractivity contribution in [2.24, 2.45) is 0 Å². The van der Waals surface area contributed by atoms with Crippen LogP contribution in [0, 0.1) is 10.1 Å². The average Bonchev–Trinajstić information content (AvgIpc) is 2.96. The zero-order valence-corrected chi connectivity index (χ0v) is 18.8. The van der Waals surface area contributed by atoms with Crippen molar-refractivity contribution < 1.29 is 19.6 Å². The number of aliphatic hydroxyl groups is 1. The Morgan fingerprint density at radius 1 is 1.12 bits per heavy atom. The smallest absolute Gasteiger partial charge is 0.270 e. The summed E-state index contributed by atoms with van der Waals surface area (Å²) in [5, 5.41) is 23.0. The molecule has 4 rings (SSSR count). The predicted molar refractivity (Wildman–Crippen MR) is 123 cm³/mol. The van der Waals surface area contributed by atoms with Gasteiger partial charge in [0.15, 0.2) is 11.4 Å². The van der Waals surface area contributed by atoms with Gasteiger partial charge in [-0.15, -0.1) is 0 Å². The van der Waals surface area contributed by atoms with Crippen LogP contribution in [0.4, 0.5) is 11.4 Å². The molecular formula is C23H16BrClN2O5. The first-order valence-electron chi connectivity index (χ1n) is 9.56. The normalized spacial score (nSPS) is 17.3. The van der Waals surface area contributed by atoms with Crippen LogP contribution < -0.4 is 4.90 Å². The summed E-state index contributed by atoms with van der Waals surface area (Å²) in [7, 11) is 0. The lowest BCUT2D eigenvalue weighted by molar-refractivity contribution is -0.384. The van der Waals surface area contributed by atoms with E-state index in [0.29, 0.717) is 20.7 Å². The number of hydrogen-bond donors (Lipinski definition) is 1. The van der Waals surface area contributed by atoms with Gasteiger partial charge in [0.2, 0.25) is 0 Å². The largest absolute Gasteiger partial charge is 0.375 e. The molecule has 3 aromatic carbocycles. The summed E-state index contributed by atoms with van der Waals surface area (Å²) in [4.78, 5) is 38.2. The SMILES string of the molecule is O=C(CC1(O)C(=O)N(Cc2ccccc2Cl)c2ccc(Br)cc21)c1cccc([N+](=O)[O-])c1. The van der Waals surface area contributed by atoms with Crippen molar-refractivity contribution in [3.05, 3.63) is 103 Å². The van der Waals surface area contributed by atoms with E-state index in [4.69, 9.17) is 11.6 Å². The van der Waals surface area contributed by atoms with E-state index in [0.717, 1.165) is 6.07 Å². The minimum absolute atomic E-state index is 0.0431. The van der Waals surface area contributed by atoms with E-state index < -0.39 is 28.6 Å². The van der Waals surface area contributed by atoms with Crippen LogP contribution in [0.2, 0.25) is 5.02 Å². The van der Waals surface area contributed by atoms with E-state index in [1.807, 2.05) is 0 Å². The summed E-state index contributed by atoms with van der Waals surface area (Å²) in [5.41, 5.74) is -0.895. The molecule has 0 bridgehead atoms. The molecule has 7 nitrogen and oxygen atoms in total. The summed E-state index contributed by atoms with van der Waals surface area (Å²) in [6.45, 7) is 0.112. The molecule has 1 heterocycles. The van der Waals surface area contributed by atoms with Crippen molar-refractivity contribution in [3.63, 3.8) is 0 Å². The van der Waals surface area contributed by atoms with Gasteiger partial charge >= 0.3 is 0 Å². The van der Waals surface area contributed by atoms with Crippen molar-refractivity contribution >= 4 is 50.6 Å². The Balaban J connectivity index is 1.72. The van der Waals surface area contributed by atoms with Gasteiger partial charge in [-0.3, -0.25) is 19.7 Å². The fourth-order valence-corrected chi connectivity index (χ4v) is 4.33. The third-order valence-electron chi connectivity index (χ3n) is 5.38. The molecule has 0 radical (unpaired) electrons. The minimum Gasteiger partial charge on any atom is -0.375 e. The number of amides is 1. The second-order valence-electron chi connectivity index (χ2n) is 7.41. The topological polar surface area (TPSA) is 101 Å². The molecule has 3 aromatic rings. The van der Waals surface area contributed by atoms with E-state index in [1.54, 1.807) is 42.5 Å². The van der Waals surface area contributed by atoms with Crippen LogP contribution in [0.3, 0.4) is 0 Å². The van der Waals surface area contributed by atoms with Gasteiger partial charge in [0.25, 0.3) is 11.6 Å². The van der Waals surface area contributed by atoms with Crippen molar-refractivity contribution in [2.45, 2.75) is 18.6 Å². The highest BCUT2D eigenvalue weighted by Gasteiger charge is 2.51. The van der Waals surface area contributed by atoms with Gasteiger partial charge < -0.3 is 10.0 Å². The highest BCUT2D eigenvalue weighted by atomic mass is 79.9. The average molecular weight is 516 g/mol. The maximum atomic E-state index is 13.4. The molecule has 1 atom stereocenters. The quantitative estimate of drug-likeness (QED) is 0.282. The first-order chi connectivity index (χ1) is 15.2. The van der Waals surface area contributed by atoms with Gasteiger partial charge in [-0.05, 0) is 29.8 Å². The number of ketones is 1. The van der Waals surface area contributed by atoms with Crippen LogP contribution in [0.15, 0.2) is 71.2 Å². The lowest BCUT2D eigenvalue weighted by Crippen LogP contribution is -2.41. The molecule has 1 aliphatic heterocycles. The van der Waals surface area contributed by atoms with Crippen LogP contribution in [-0.4, -0.2) is 21.7 Å². The molecule has 32 heavy (non-hydrogen) atoms. The monoisotopic (exact) mass is 514 g/mol. The summed E-state index contributed by atoms with van der Waals surface area (Å²) in [6, 6.07) is 17.3. The third-order valence-corrected chi connectivity index (χ3v) is 6.24. The van der Waals surface area contributed by atoms with Crippen molar-refractivity contribution in [1.82, 2.24) is 0 Å². The molecule has 0 aromatic heterocycles. The number of benzene rings is 3. The Morgan fingerprint density at radius 2 is 1.88 bits per heavy atom. The summed E-state index contributed by atoms with van der Waals surface area (Å²) >= 11 is 9.61. The highest BCUT2D eigenvalue weighted by Crippen LogP contribution is 2.45. The number of carbonyl (C=O) groups is 2. The number of anilines is 1. The van der Waals surface area contributed by atoms with Gasteiger partial charge in [-0.25, -0.2) is 0 Å². The fraction of sp³-hybridized carbons (Fsp3) is 0.130. The number of non-ortho nitro benzene ring substituents is 1. The number of hydrogen-bond acceptors (Lipinski definition) is 5. The Morgan fingerprint density at radius 3 is 2.59 bits per heavy atom. The van der Waals surface area contributed by atoms with E-state index in [9.17, 15) is 24.8 Å². The second-order valence-corrected chi connectivity index (χ2v) is 8.73. The molecule has 162 valence electrons. The number of halogens is 2. The van der Waals surface area contributed by atoms with Crippen molar-refractivity contribution in [3.8, 4) is 0 Å². The first-order valence-corrected chi connectivity index (χ1v) is 10.7. The maximum Gasteiger partial charge on any atom is 0.270 e. The zero-order chi connectivity index (χ0) is 23.0. The third kappa shape index (κ3) is 3.92. The Kier molecular flexibility index (Phi) is 5.85. The predicted octanol–water partition coefficient (Wildman–Crippen LogP) is 5.02. The first kappa shape index (κ1) is 22.1. The summed E-state index contributed by atoms with van der Waals surface area (Å²) in [6.07, 6.45) is -0.560. The number of fused-ring (bicyclic) bond motifs is 1. The van der Waals surface area contributed by atoms with Crippen LogP contribution in [0.5, 0.6) is 0 Å². The number of rotatable bonds is 6. The summed E-state index contributed by atoms with van der Waals surface area (Å²) < 4.78 is 0.630. The number of Topliss-reactive ketones (excluding diaryl/α,β-unsaturated/α-hetero) is 1. The minimum atomic E-state index is -2.12. The van der Waals surface area contributed by atoms with E-state index >= 15 is 0 Å². The van der Waals surface area contributed by atoms with Crippen LogP contribution >= 0.6 is 27.5 Å². The molecule has 1 N–H and O–H groups in total. The van der Waals surface area contributed by atoms with Gasteiger partial charge in [-0.1, -0.05) is 57.9 Å². The number of carbonyl (C=O) groups excluding carboxylic acids is 2. The number of nitrogens with zero attached hydrogens (tertiary/aromatic N) is 2. The number of nitro groups is 1. The lowest BCUT2D eigenvalue weighted by Gasteiger charge is -2.23. The van der Waals surface area contributed by atoms with E-state index in [-0.39, 0.29) is 23.4 Å². The lowest BCUT2D eigenvalue weighted by atomic mass is 9.88. The molecule has 1 unspecified atom stereocenters. The van der Waals surface area contributed by atoms with Crippen molar-refractivity contribution in [2.75, 3.05) is 4.90 Å². The fourth-order valence-electron chi connectivity index (χ4n) is 3.77. The Hall–Kier alpha value is -3.07. The van der Waals surface area contributed by atoms with Gasteiger partial charge in [-0.2, -0.15) is 0 Å². The number of nitro benzene ring substituents is 1. The van der Waals surface area contributed by atoms with Crippen LogP contribution in [0.1, 0.15) is 27.9 Å². The Labute approximate surface area is 196 Å². The summed E-state index contributed by atoms with van der Waals surface area (Å²) in [5.74, 6) is -1.25. The second kappa shape index (κ2) is 8.46. The molecule has 1 aliphatic rings. The molecule has 1 amide bonds. The van der Waals surface area contributed by atoms with Crippen molar-refractivity contribution in [1.29, 1.82) is 0 Å². The molecular weight excluding hydrogens is 500 g/mol. The standard InChI is InChI=1S/C23H16BrClN2O5/c24-16-8-9-20-18(11-16)23(30,12-21(28)14-5-3-6-17(10-14)27(31)32)22(29)26(20)13-15-4-1-2-7-19(15)25/h1-11,30H,12-13H2. The molecule has 0 saturated heterocycles. The Bertz CT molecular complexity index is 1260. The molecule has 0 saturated carbocycles. The van der Waals surface area contributed by atoms with E-state index in [2.05, 4.69) is 15.9 Å².